The molecule has 0 aliphatic carbocycles. The predicted octanol–water partition coefficient (Wildman–Crippen LogP) is 7.82. The molecule has 2 aromatic heterocycles. The lowest BCUT2D eigenvalue weighted by atomic mass is 9.85. The second-order valence-electron chi connectivity index (χ2n) is 8.36. The largest absolute Gasteiger partial charge is 0.256 e. The van der Waals surface area contributed by atoms with Crippen LogP contribution in [0.3, 0.4) is 0 Å². The second-order valence-corrected chi connectivity index (χ2v) is 8.36. The highest BCUT2D eigenvalue weighted by molar-refractivity contribution is 5.74. The van der Waals surface area contributed by atoms with E-state index >= 15 is 0 Å². The van der Waals surface area contributed by atoms with Gasteiger partial charge in [-0.05, 0) is 64.9 Å². The van der Waals surface area contributed by atoms with Gasteiger partial charge in [-0.2, -0.15) is 0 Å². The van der Waals surface area contributed by atoms with E-state index in [9.17, 15) is 0 Å². The van der Waals surface area contributed by atoms with Gasteiger partial charge >= 0.3 is 0 Å². The molecule has 2 nitrogen and oxygen atoms in total. The molecular weight excluding hydrogens is 400 g/mol. The monoisotopic (exact) mass is 426 g/mol. The summed E-state index contributed by atoms with van der Waals surface area (Å²) in [6.45, 7) is 2.30. The van der Waals surface area contributed by atoms with Crippen LogP contribution in [0.15, 0.2) is 122 Å². The average molecular weight is 427 g/mol. The van der Waals surface area contributed by atoms with Crippen molar-refractivity contribution in [2.24, 2.45) is 0 Å². The first kappa shape index (κ1) is 20.8. The molecule has 0 N–H and O–H groups in total. The van der Waals surface area contributed by atoms with E-state index in [1.807, 2.05) is 30.6 Å². The fraction of sp³-hybridized carbons (Fsp3) is 0.0968. The van der Waals surface area contributed by atoms with Crippen molar-refractivity contribution >= 4 is 0 Å². The molecular formula is C31H26N2. The third-order valence-electron chi connectivity index (χ3n) is 6.12. The zero-order chi connectivity index (χ0) is 22.5. The van der Waals surface area contributed by atoms with Gasteiger partial charge in [0.25, 0.3) is 0 Å². The molecule has 0 saturated heterocycles. The molecule has 1 atom stereocenters. The summed E-state index contributed by atoms with van der Waals surface area (Å²) in [6, 6.07) is 38.1. The van der Waals surface area contributed by atoms with E-state index in [-0.39, 0.29) is 0 Å². The minimum atomic E-state index is 0.316. The molecule has 2 heterocycles. The number of hydrogen-bond acceptors (Lipinski definition) is 2. The average Bonchev–Trinajstić information content (AvgIpc) is 2.90. The summed E-state index contributed by atoms with van der Waals surface area (Å²) in [5.74, 6) is 0.316. The molecule has 33 heavy (non-hydrogen) atoms. The summed E-state index contributed by atoms with van der Waals surface area (Å²) in [7, 11) is 0. The first-order valence-corrected chi connectivity index (χ1v) is 11.4. The Bertz CT molecular complexity index is 1330. The molecule has 0 aliphatic rings. The molecule has 5 rings (SSSR count). The lowest BCUT2D eigenvalue weighted by Gasteiger charge is -2.19. The molecule has 5 aromatic rings. The van der Waals surface area contributed by atoms with E-state index in [0.717, 1.165) is 17.8 Å². The summed E-state index contributed by atoms with van der Waals surface area (Å²) in [5.41, 5.74) is 9.47. The lowest BCUT2D eigenvalue weighted by molar-refractivity contribution is 0.761. The van der Waals surface area contributed by atoms with Crippen LogP contribution < -0.4 is 0 Å². The summed E-state index contributed by atoms with van der Waals surface area (Å²) >= 11 is 0. The van der Waals surface area contributed by atoms with Crippen molar-refractivity contribution in [1.82, 2.24) is 9.97 Å². The van der Waals surface area contributed by atoms with Gasteiger partial charge in [0.2, 0.25) is 0 Å². The van der Waals surface area contributed by atoms with Crippen molar-refractivity contribution in [3.63, 3.8) is 0 Å². The maximum absolute atomic E-state index is 4.69. The zero-order valence-corrected chi connectivity index (χ0v) is 18.7. The first-order chi connectivity index (χ1) is 16.3. The Morgan fingerprint density at radius 3 is 1.91 bits per heavy atom. The van der Waals surface area contributed by atoms with E-state index in [2.05, 4.69) is 108 Å². The van der Waals surface area contributed by atoms with E-state index in [0.29, 0.717) is 5.92 Å². The molecule has 0 amide bonds. The van der Waals surface area contributed by atoms with Gasteiger partial charge in [0, 0.05) is 23.5 Å². The fourth-order valence-electron chi connectivity index (χ4n) is 4.45. The SMILES string of the molecule is CC(Cc1ccccc1-c1ccccn1)c1ccc(-c2ccccc2)cc1-c1ccccn1. The summed E-state index contributed by atoms with van der Waals surface area (Å²) in [4.78, 5) is 9.28. The molecule has 0 radical (unpaired) electrons. The van der Waals surface area contributed by atoms with Crippen molar-refractivity contribution < 1.29 is 0 Å². The molecule has 0 fully saturated rings. The Morgan fingerprint density at radius 2 is 1.21 bits per heavy atom. The summed E-state index contributed by atoms with van der Waals surface area (Å²) in [5, 5.41) is 0. The number of aromatic nitrogens is 2. The van der Waals surface area contributed by atoms with Gasteiger partial charge in [0.15, 0.2) is 0 Å². The Balaban J connectivity index is 1.55. The molecule has 0 saturated carbocycles. The van der Waals surface area contributed by atoms with Crippen LogP contribution in [-0.2, 0) is 6.42 Å². The van der Waals surface area contributed by atoms with Crippen LogP contribution in [0.4, 0.5) is 0 Å². The summed E-state index contributed by atoms with van der Waals surface area (Å²) < 4.78 is 0. The summed E-state index contributed by atoms with van der Waals surface area (Å²) in [6.07, 6.45) is 4.66. The number of nitrogens with zero attached hydrogens (tertiary/aromatic N) is 2. The molecule has 2 heteroatoms. The van der Waals surface area contributed by atoms with E-state index in [1.54, 1.807) is 0 Å². The highest BCUT2D eigenvalue weighted by Crippen LogP contribution is 2.35. The van der Waals surface area contributed by atoms with Crippen molar-refractivity contribution in [3.8, 4) is 33.6 Å². The smallest absolute Gasteiger partial charge is 0.0705 e. The highest BCUT2D eigenvalue weighted by atomic mass is 14.7. The number of rotatable bonds is 6. The Labute approximate surface area is 195 Å². The van der Waals surface area contributed by atoms with Crippen molar-refractivity contribution in [3.05, 3.63) is 133 Å². The Kier molecular flexibility index (Phi) is 6.08. The van der Waals surface area contributed by atoms with Crippen LogP contribution in [0.5, 0.6) is 0 Å². The minimum Gasteiger partial charge on any atom is -0.256 e. The fourth-order valence-corrected chi connectivity index (χ4v) is 4.45. The van der Waals surface area contributed by atoms with E-state index in [4.69, 9.17) is 0 Å². The van der Waals surface area contributed by atoms with Crippen LogP contribution in [0.2, 0.25) is 0 Å². The molecule has 160 valence electrons. The molecule has 3 aromatic carbocycles. The number of benzene rings is 3. The van der Waals surface area contributed by atoms with E-state index < -0.39 is 0 Å². The zero-order valence-electron chi connectivity index (χ0n) is 18.7. The Morgan fingerprint density at radius 1 is 0.576 bits per heavy atom. The normalized spacial score (nSPS) is 11.8. The van der Waals surface area contributed by atoms with E-state index in [1.165, 1.54) is 33.4 Å². The predicted molar refractivity (Wildman–Crippen MR) is 137 cm³/mol. The number of hydrogen-bond donors (Lipinski definition) is 0. The second kappa shape index (κ2) is 9.62. The highest BCUT2D eigenvalue weighted by Gasteiger charge is 2.17. The van der Waals surface area contributed by atoms with Crippen molar-refractivity contribution in [1.29, 1.82) is 0 Å². The van der Waals surface area contributed by atoms with Crippen molar-refractivity contribution in [2.75, 3.05) is 0 Å². The van der Waals surface area contributed by atoms with Gasteiger partial charge in [0.1, 0.15) is 0 Å². The lowest BCUT2D eigenvalue weighted by Crippen LogP contribution is -2.03. The maximum Gasteiger partial charge on any atom is 0.0705 e. The van der Waals surface area contributed by atoms with Gasteiger partial charge in [-0.1, -0.05) is 85.8 Å². The third kappa shape index (κ3) is 4.61. The van der Waals surface area contributed by atoms with Gasteiger partial charge in [0.05, 0.1) is 11.4 Å². The van der Waals surface area contributed by atoms with Crippen LogP contribution >= 0.6 is 0 Å². The van der Waals surface area contributed by atoms with Gasteiger partial charge in [-0.25, -0.2) is 0 Å². The first-order valence-electron chi connectivity index (χ1n) is 11.4. The molecule has 1 unspecified atom stereocenters. The minimum absolute atomic E-state index is 0.316. The standard InChI is InChI=1S/C31H26N2/c1-23(21-26-13-5-6-14-28(26)30-15-7-9-19-32-30)27-18-17-25(24-11-3-2-4-12-24)22-29(27)31-16-8-10-20-33-31/h2-20,22-23H,21H2,1H3. The molecule has 0 bridgehead atoms. The van der Waals surface area contributed by atoms with Crippen molar-refractivity contribution in [2.45, 2.75) is 19.3 Å². The van der Waals surface area contributed by atoms with Crippen LogP contribution in [0.1, 0.15) is 24.0 Å². The van der Waals surface area contributed by atoms with Crippen LogP contribution in [0, 0.1) is 0 Å². The van der Waals surface area contributed by atoms with Crippen LogP contribution in [-0.4, -0.2) is 9.97 Å². The van der Waals surface area contributed by atoms with Gasteiger partial charge in [-0.3, -0.25) is 9.97 Å². The Hall–Kier alpha value is -4.04. The molecule has 0 aliphatic heterocycles. The third-order valence-corrected chi connectivity index (χ3v) is 6.12. The number of pyridine rings is 2. The van der Waals surface area contributed by atoms with Gasteiger partial charge < -0.3 is 0 Å². The van der Waals surface area contributed by atoms with Gasteiger partial charge in [-0.15, -0.1) is 0 Å². The quantitative estimate of drug-likeness (QED) is 0.276. The maximum atomic E-state index is 4.69. The topological polar surface area (TPSA) is 25.8 Å². The molecule has 0 spiro atoms. The van der Waals surface area contributed by atoms with Crippen LogP contribution in [0.25, 0.3) is 33.6 Å².